The Morgan fingerprint density at radius 1 is 0.969 bits per heavy atom. The number of carbonyl (C=O) groups excluding carboxylic acids is 2. The van der Waals surface area contributed by atoms with E-state index in [9.17, 15) is 9.59 Å². The van der Waals surface area contributed by atoms with Crippen LogP contribution in [0.2, 0.25) is 0 Å². The van der Waals surface area contributed by atoms with E-state index < -0.39 is 5.97 Å². The van der Waals surface area contributed by atoms with Gasteiger partial charge in [0.05, 0.1) is 18.9 Å². The number of rotatable bonds is 9. The molecular formula is C25H24N2O5. The van der Waals surface area contributed by atoms with Crippen molar-refractivity contribution in [1.82, 2.24) is 5.43 Å². The van der Waals surface area contributed by atoms with Crippen LogP contribution in [-0.2, 0) is 11.2 Å². The molecule has 7 heteroatoms. The first-order chi connectivity index (χ1) is 15.6. The van der Waals surface area contributed by atoms with Gasteiger partial charge in [-0.05, 0) is 60.0 Å². The fraction of sp³-hybridized carbons (Fsp3) is 0.160. The Bertz CT molecular complexity index is 1080. The maximum atomic E-state index is 12.2. The fourth-order valence-electron chi connectivity index (χ4n) is 2.76. The van der Waals surface area contributed by atoms with Crippen LogP contribution in [0.15, 0.2) is 77.9 Å². The van der Waals surface area contributed by atoms with Crippen LogP contribution in [0.3, 0.4) is 0 Å². The zero-order valence-corrected chi connectivity index (χ0v) is 17.9. The summed E-state index contributed by atoms with van der Waals surface area (Å²) in [5.74, 6) is 0.392. The Morgan fingerprint density at radius 3 is 2.41 bits per heavy atom. The van der Waals surface area contributed by atoms with Crippen molar-refractivity contribution in [2.75, 3.05) is 13.7 Å². The number of benzene rings is 3. The topological polar surface area (TPSA) is 86.2 Å². The first-order valence-corrected chi connectivity index (χ1v) is 10.1. The van der Waals surface area contributed by atoms with Gasteiger partial charge in [0.15, 0.2) is 18.1 Å². The highest BCUT2D eigenvalue weighted by atomic mass is 16.6. The molecule has 32 heavy (non-hydrogen) atoms. The summed E-state index contributed by atoms with van der Waals surface area (Å²) < 4.78 is 16.2. The molecular weight excluding hydrogens is 408 g/mol. The molecule has 0 saturated heterocycles. The van der Waals surface area contributed by atoms with E-state index in [0.29, 0.717) is 22.6 Å². The number of nitrogens with one attached hydrogen (secondary N) is 1. The van der Waals surface area contributed by atoms with Crippen molar-refractivity contribution in [3.05, 3.63) is 89.5 Å². The maximum absolute atomic E-state index is 12.2. The lowest BCUT2D eigenvalue weighted by atomic mass is 10.2. The molecule has 0 fully saturated rings. The van der Waals surface area contributed by atoms with Crippen molar-refractivity contribution in [3.63, 3.8) is 0 Å². The third-order valence-electron chi connectivity index (χ3n) is 4.50. The van der Waals surface area contributed by atoms with E-state index in [0.717, 1.165) is 6.42 Å². The van der Waals surface area contributed by atoms with Crippen LogP contribution < -0.4 is 19.6 Å². The van der Waals surface area contributed by atoms with Crippen LogP contribution in [0.1, 0.15) is 28.4 Å². The lowest BCUT2D eigenvalue weighted by Gasteiger charge is -2.10. The molecule has 0 spiro atoms. The molecule has 3 aromatic carbocycles. The van der Waals surface area contributed by atoms with Gasteiger partial charge in [0.25, 0.3) is 5.91 Å². The predicted molar refractivity (Wildman–Crippen MR) is 121 cm³/mol. The monoisotopic (exact) mass is 432 g/mol. The van der Waals surface area contributed by atoms with E-state index in [1.807, 2.05) is 30.3 Å². The van der Waals surface area contributed by atoms with Gasteiger partial charge in [-0.3, -0.25) is 4.79 Å². The third-order valence-corrected chi connectivity index (χ3v) is 4.50. The molecule has 3 aromatic rings. The number of methoxy groups -OCH3 is 1. The molecule has 0 heterocycles. The molecule has 0 bridgehead atoms. The average Bonchev–Trinajstić information content (AvgIpc) is 2.84. The molecule has 0 aliphatic heterocycles. The van der Waals surface area contributed by atoms with Crippen molar-refractivity contribution in [3.8, 4) is 17.2 Å². The summed E-state index contributed by atoms with van der Waals surface area (Å²) in [5.41, 5.74) is 4.69. The van der Waals surface area contributed by atoms with E-state index in [1.54, 1.807) is 42.5 Å². The van der Waals surface area contributed by atoms with Crippen LogP contribution in [0, 0.1) is 0 Å². The lowest BCUT2D eigenvalue weighted by Crippen LogP contribution is -2.24. The summed E-state index contributed by atoms with van der Waals surface area (Å²) in [6, 6.07) is 21.2. The number of aryl methyl sites for hydroxylation is 1. The molecule has 1 amide bonds. The van der Waals surface area contributed by atoms with Crippen molar-refractivity contribution in [2.45, 2.75) is 13.3 Å². The summed E-state index contributed by atoms with van der Waals surface area (Å²) in [5, 5.41) is 3.93. The highest BCUT2D eigenvalue weighted by Crippen LogP contribution is 2.28. The van der Waals surface area contributed by atoms with Gasteiger partial charge in [-0.15, -0.1) is 0 Å². The minimum atomic E-state index is -0.484. The lowest BCUT2D eigenvalue weighted by molar-refractivity contribution is -0.123. The Hall–Kier alpha value is -4.13. The van der Waals surface area contributed by atoms with E-state index in [2.05, 4.69) is 17.5 Å². The predicted octanol–water partition coefficient (Wildman–Crippen LogP) is 4.01. The standard InChI is InChI=1S/C25H24N2O5/c1-3-18-9-12-21(13-10-18)31-17-24(28)27-26-16-19-11-14-22(23(15-19)30-2)32-25(29)20-7-5-4-6-8-20/h4-16H,3,17H2,1-2H3,(H,27,28)/b26-16-. The minimum Gasteiger partial charge on any atom is -0.493 e. The third kappa shape index (κ3) is 6.43. The normalized spacial score (nSPS) is 10.6. The van der Waals surface area contributed by atoms with Gasteiger partial charge in [0.1, 0.15) is 5.75 Å². The summed E-state index contributed by atoms with van der Waals surface area (Å²) in [6.45, 7) is 1.92. The Balaban J connectivity index is 1.53. The van der Waals surface area contributed by atoms with Crippen LogP contribution in [0.4, 0.5) is 0 Å². The molecule has 164 valence electrons. The van der Waals surface area contributed by atoms with Crippen LogP contribution in [-0.4, -0.2) is 31.8 Å². The molecule has 3 rings (SSSR count). The largest absolute Gasteiger partial charge is 0.493 e. The smallest absolute Gasteiger partial charge is 0.343 e. The van der Waals surface area contributed by atoms with E-state index in [-0.39, 0.29) is 18.3 Å². The number of carbonyl (C=O) groups is 2. The first kappa shape index (κ1) is 22.6. The molecule has 0 aromatic heterocycles. The molecule has 0 radical (unpaired) electrons. The second kappa shape index (κ2) is 11.3. The molecule has 0 atom stereocenters. The number of hydrazone groups is 1. The van der Waals surface area contributed by atoms with E-state index >= 15 is 0 Å². The number of hydrogen-bond donors (Lipinski definition) is 1. The Morgan fingerprint density at radius 2 is 1.72 bits per heavy atom. The SMILES string of the molecule is CCc1ccc(OCC(=O)N/N=C\c2ccc(OC(=O)c3ccccc3)c(OC)c2)cc1. The van der Waals surface area contributed by atoms with E-state index in [1.165, 1.54) is 18.9 Å². The fourth-order valence-corrected chi connectivity index (χ4v) is 2.76. The van der Waals surface area contributed by atoms with Crippen LogP contribution in [0.5, 0.6) is 17.2 Å². The second-order valence-electron chi connectivity index (χ2n) is 6.75. The minimum absolute atomic E-state index is 0.152. The number of amides is 1. The van der Waals surface area contributed by atoms with Gasteiger partial charge in [-0.2, -0.15) is 5.10 Å². The van der Waals surface area contributed by atoms with Gasteiger partial charge >= 0.3 is 5.97 Å². The zero-order valence-electron chi connectivity index (χ0n) is 17.9. The highest BCUT2D eigenvalue weighted by molar-refractivity contribution is 5.91. The van der Waals surface area contributed by atoms with Gasteiger partial charge in [0.2, 0.25) is 0 Å². The van der Waals surface area contributed by atoms with Gasteiger partial charge in [-0.25, -0.2) is 10.2 Å². The highest BCUT2D eigenvalue weighted by Gasteiger charge is 2.12. The number of ether oxygens (including phenoxy) is 3. The summed E-state index contributed by atoms with van der Waals surface area (Å²) in [4.78, 5) is 24.2. The van der Waals surface area contributed by atoms with Crippen molar-refractivity contribution in [1.29, 1.82) is 0 Å². The summed E-state index contributed by atoms with van der Waals surface area (Å²) >= 11 is 0. The van der Waals surface area contributed by atoms with Crippen LogP contribution >= 0.6 is 0 Å². The molecule has 0 aliphatic rings. The summed E-state index contributed by atoms with van der Waals surface area (Å²) in [6.07, 6.45) is 2.40. The number of esters is 1. The zero-order chi connectivity index (χ0) is 22.8. The van der Waals surface area contributed by atoms with Gasteiger partial charge < -0.3 is 14.2 Å². The number of nitrogens with zero attached hydrogens (tertiary/aromatic N) is 1. The number of hydrogen-bond acceptors (Lipinski definition) is 6. The molecule has 1 N–H and O–H groups in total. The Kier molecular flexibility index (Phi) is 7.97. The molecule has 0 unspecified atom stereocenters. The first-order valence-electron chi connectivity index (χ1n) is 10.1. The van der Waals surface area contributed by atoms with Crippen molar-refractivity contribution < 1.29 is 23.8 Å². The maximum Gasteiger partial charge on any atom is 0.343 e. The van der Waals surface area contributed by atoms with Crippen LogP contribution in [0.25, 0.3) is 0 Å². The average molecular weight is 432 g/mol. The Labute approximate surface area is 186 Å². The van der Waals surface area contributed by atoms with Gasteiger partial charge in [-0.1, -0.05) is 37.3 Å². The summed E-state index contributed by atoms with van der Waals surface area (Å²) in [7, 11) is 1.47. The van der Waals surface area contributed by atoms with Gasteiger partial charge in [0, 0.05) is 0 Å². The second-order valence-corrected chi connectivity index (χ2v) is 6.75. The quantitative estimate of drug-likeness (QED) is 0.239. The molecule has 0 saturated carbocycles. The van der Waals surface area contributed by atoms with Crippen molar-refractivity contribution in [2.24, 2.45) is 5.10 Å². The van der Waals surface area contributed by atoms with E-state index in [4.69, 9.17) is 14.2 Å². The molecule has 7 nitrogen and oxygen atoms in total. The molecule has 0 aliphatic carbocycles. The van der Waals surface area contributed by atoms with Crippen molar-refractivity contribution >= 4 is 18.1 Å².